The summed E-state index contributed by atoms with van der Waals surface area (Å²) in [5, 5.41) is 9.27. The Morgan fingerprint density at radius 1 is 1.33 bits per heavy atom. The average Bonchev–Trinajstić information content (AvgIpc) is 2.70. The number of carboxylic acid groups (broad SMARTS) is 1. The van der Waals surface area contributed by atoms with Gasteiger partial charge in [-0.3, -0.25) is 4.79 Å². The molecule has 0 saturated carbocycles. The first kappa shape index (κ1) is 15.4. The minimum atomic E-state index is -0.930. The van der Waals surface area contributed by atoms with Gasteiger partial charge >= 0.3 is 5.97 Å². The molecule has 1 aliphatic rings. The molecular formula is C16H21NO4. The van der Waals surface area contributed by atoms with Crippen molar-refractivity contribution in [2.24, 2.45) is 0 Å². The molecule has 1 aromatic rings. The monoisotopic (exact) mass is 291 g/mol. The third-order valence-electron chi connectivity index (χ3n) is 3.71. The summed E-state index contributed by atoms with van der Waals surface area (Å²) in [5.41, 5.74) is 1.05. The molecule has 1 fully saturated rings. The van der Waals surface area contributed by atoms with Crippen LogP contribution in [0.1, 0.15) is 31.2 Å². The second-order valence-electron chi connectivity index (χ2n) is 5.40. The van der Waals surface area contributed by atoms with E-state index in [0.717, 1.165) is 24.8 Å². The van der Waals surface area contributed by atoms with E-state index in [2.05, 4.69) is 0 Å². The lowest BCUT2D eigenvalue weighted by atomic mass is 10.1. The highest BCUT2D eigenvalue weighted by molar-refractivity contribution is 5.84. The molecule has 0 radical (unpaired) electrons. The largest absolute Gasteiger partial charge is 0.484 e. The van der Waals surface area contributed by atoms with E-state index < -0.39 is 12.0 Å². The Bertz CT molecular complexity index is 515. The summed E-state index contributed by atoms with van der Waals surface area (Å²) >= 11 is 0. The first-order valence-electron chi connectivity index (χ1n) is 7.29. The predicted octanol–water partition coefficient (Wildman–Crippen LogP) is 2.23. The highest BCUT2D eigenvalue weighted by Gasteiger charge is 2.30. The van der Waals surface area contributed by atoms with E-state index in [9.17, 15) is 14.7 Å². The van der Waals surface area contributed by atoms with Gasteiger partial charge in [-0.15, -0.1) is 0 Å². The van der Waals surface area contributed by atoms with Crippen LogP contribution in [0.15, 0.2) is 24.3 Å². The Balaban J connectivity index is 1.98. The number of hydrogen-bond acceptors (Lipinski definition) is 3. The van der Waals surface area contributed by atoms with Gasteiger partial charge in [-0.25, -0.2) is 4.79 Å². The van der Waals surface area contributed by atoms with Crippen LogP contribution in [-0.2, 0) is 9.59 Å². The van der Waals surface area contributed by atoms with E-state index in [1.54, 1.807) is 6.07 Å². The van der Waals surface area contributed by atoms with E-state index in [-0.39, 0.29) is 12.5 Å². The zero-order valence-corrected chi connectivity index (χ0v) is 12.2. The zero-order chi connectivity index (χ0) is 15.2. The van der Waals surface area contributed by atoms with Crippen LogP contribution in [0.2, 0.25) is 0 Å². The van der Waals surface area contributed by atoms with Gasteiger partial charge in [0.25, 0.3) is 5.91 Å². The van der Waals surface area contributed by atoms with Gasteiger partial charge in [0.05, 0.1) is 0 Å². The van der Waals surface area contributed by atoms with E-state index in [1.165, 1.54) is 4.90 Å². The number of aryl methyl sites for hydroxylation is 1. The van der Waals surface area contributed by atoms with Crippen molar-refractivity contribution in [2.45, 2.75) is 38.6 Å². The smallest absolute Gasteiger partial charge is 0.326 e. The minimum absolute atomic E-state index is 0.118. The Morgan fingerprint density at radius 2 is 2.14 bits per heavy atom. The van der Waals surface area contributed by atoms with Crippen LogP contribution in [0.3, 0.4) is 0 Å². The summed E-state index contributed by atoms with van der Waals surface area (Å²) in [4.78, 5) is 25.0. The van der Waals surface area contributed by atoms with Crippen LogP contribution < -0.4 is 4.74 Å². The van der Waals surface area contributed by atoms with E-state index in [0.29, 0.717) is 18.7 Å². The number of likely N-dealkylation sites (tertiary alicyclic amines) is 1. The number of benzene rings is 1. The fourth-order valence-electron chi connectivity index (χ4n) is 2.60. The molecule has 1 aliphatic heterocycles. The van der Waals surface area contributed by atoms with Crippen LogP contribution in [0.4, 0.5) is 0 Å². The second-order valence-corrected chi connectivity index (χ2v) is 5.40. The normalized spacial score (nSPS) is 18.9. The number of carbonyl (C=O) groups excluding carboxylic acids is 1. The van der Waals surface area contributed by atoms with Crippen molar-refractivity contribution in [3.63, 3.8) is 0 Å². The molecule has 1 unspecified atom stereocenters. The lowest BCUT2D eigenvalue weighted by Crippen LogP contribution is -2.46. The SMILES string of the molecule is Cc1cccc(OCC(=O)N2CCCCCC2C(=O)O)c1. The fourth-order valence-corrected chi connectivity index (χ4v) is 2.60. The van der Waals surface area contributed by atoms with E-state index >= 15 is 0 Å². The molecule has 5 heteroatoms. The number of rotatable bonds is 4. The topological polar surface area (TPSA) is 66.8 Å². The van der Waals surface area contributed by atoms with Crippen LogP contribution in [0.25, 0.3) is 0 Å². The summed E-state index contributed by atoms with van der Waals surface area (Å²) < 4.78 is 5.49. The van der Waals surface area contributed by atoms with Crippen molar-refractivity contribution in [3.05, 3.63) is 29.8 Å². The molecular weight excluding hydrogens is 270 g/mol. The molecule has 2 rings (SSSR count). The van der Waals surface area contributed by atoms with Crippen LogP contribution >= 0.6 is 0 Å². The lowest BCUT2D eigenvalue weighted by Gasteiger charge is -2.26. The molecule has 1 aromatic carbocycles. The zero-order valence-electron chi connectivity index (χ0n) is 12.2. The van der Waals surface area contributed by atoms with Gasteiger partial charge in [0.2, 0.25) is 0 Å². The van der Waals surface area contributed by atoms with Crippen molar-refractivity contribution >= 4 is 11.9 Å². The molecule has 0 spiro atoms. The third-order valence-corrected chi connectivity index (χ3v) is 3.71. The second kappa shape index (κ2) is 7.11. The fraction of sp³-hybridized carbons (Fsp3) is 0.500. The number of ether oxygens (including phenoxy) is 1. The Labute approximate surface area is 124 Å². The summed E-state index contributed by atoms with van der Waals surface area (Å²) in [6.07, 6.45) is 3.18. The van der Waals surface area contributed by atoms with Gasteiger partial charge in [-0.2, -0.15) is 0 Å². The maximum Gasteiger partial charge on any atom is 0.326 e. The molecule has 1 saturated heterocycles. The molecule has 1 amide bonds. The molecule has 21 heavy (non-hydrogen) atoms. The number of carbonyl (C=O) groups is 2. The van der Waals surface area contributed by atoms with Gasteiger partial charge in [0, 0.05) is 6.54 Å². The van der Waals surface area contributed by atoms with Crippen molar-refractivity contribution in [2.75, 3.05) is 13.2 Å². The molecule has 0 bridgehead atoms. The van der Waals surface area contributed by atoms with E-state index in [1.807, 2.05) is 25.1 Å². The predicted molar refractivity (Wildman–Crippen MR) is 78.3 cm³/mol. The summed E-state index contributed by atoms with van der Waals surface area (Å²) in [6, 6.07) is 6.73. The first-order valence-corrected chi connectivity index (χ1v) is 7.29. The van der Waals surface area contributed by atoms with Crippen LogP contribution in [0.5, 0.6) is 5.75 Å². The molecule has 114 valence electrons. The highest BCUT2D eigenvalue weighted by atomic mass is 16.5. The minimum Gasteiger partial charge on any atom is -0.484 e. The van der Waals surface area contributed by atoms with Gasteiger partial charge in [0.15, 0.2) is 6.61 Å². The number of carboxylic acids is 1. The number of aliphatic carboxylic acids is 1. The van der Waals surface area contributed by atoms with Crippen LogP contribution in [-0.4, -0.2) is 41.1 Å². The van der Waals surface area contributed by atoms with Crippen LogP contribution in [0, 0.1) is 6.92 Å². The standard InChI is InChI=1S/C16H21NO4/c1-12-6-5-7-13(10-12)21-11-15(18)17-9-4-2-3-8-14(17)16(19)20/h5-7,10,14H,2-4,8-9,11H2,1H3,(H,19,20). The maximum absolute atomic E-state index is 12.3. The molecule has 1 N–H and O–H groups in total. The number of amides is 1. The van der Waals surface area contributed by atoms with Gasteiger partial charge in [-0.05, 0) is 37.5 Å². The average molecular weight is 291 g/mol. The summed E-state index contributed by atoms with van der Waals surface area (Å²) in [5.74, 6) is -0.559. The number of nitrogens with zero attached hydrogens (tertiary/aromatic N) is 1. The molecule has 0 aromatic heterocycles. The summed E-state index contributed by atoms with van der Waals surface area (Å²) in [7, 11) is 0. The highest BCUT2D eigenvalue weighted by Crippen LogP contribution is 2.18. The first-order chi connectivity index (χ1) is 10.1. The van der Waals surface area contributed by atoms with Gasteiger partial charge in [-0.1, -0.05) is 25.0 Å². The molecule has 0 aliphatic carbocycles. The molecule has 1 heterocycles. The van der Waals surface area contributed by atoms with Crippen molar-refractivity contribution < 1.29 is 19.4 Å². The van der Waals surface area contributed by atoms with Gasteiger partial charge in [0.1, 0.15) is 11.8 Å². The Morgan fingerprint density at radius 3 is 2.86 bits per heavy atom. The Kier molecular flexibility index (Phi) is 5.20. The lowest BCUT2D eigenvalue weighted by molar-refractivity contribution is -0.151. The van der Waals surface area contributed by atoms with Crippen molar-refractivity contribution in [3.8, 4) is 5.75 Å². The van der Waals surface area contributed by atoms with E-state index in [4.69, 9.17) is 4.74 Å². The Hall–Kier alpha value is -2.04. The number of hydrogen-bond donors (Lipinski definition) is 1. The van der Waals surface area contributed by atoms with Crippen molar-refractivity contribution in [1.82, 2.24) is 4.90 Å². The molecule has 5 nitrogen and oxygen atoms in total. The summed E-state index contributed by atoms with van der Waals surface area (Å²) in [6.45, 7) is 2.32. The van der Waals surface area contributed by atoms with Crippen molar-refractivity contribution in [1.29, 1.82) is 0 Å². The van der Waals surface area contributed by atoms with Gasteiger partial charge < -0.3 is 14.7 Å². The quantitative estimate of drug-likeness (QED) is 0.923. The third kappa shape index (κ3) is 4.21. The maximum atomic E-state index is 12.3. The molecule has 1 atom stereocenters.